The largest absolute Gasteiger partial charge is 0.368 e. The van der Waals surface area contributed by atoms with Crippen LogP contribution in [0.4, 0.5) is 0 Å². The fourth-order valence-electron chi connectivity index (χ4n) is 2.06. The predicted octanol–water partition coefficient (Wildman–Crippen LogP) is 0.801. The number of hydrogen-bond acceptors (Lipinski definition) is 3. The second-order valence-corrected chi connectivity index (χ2v) is 4.32. The molecular weight excluding hydrogens is 228 g/mol. The van der Waals surface area contributed by atoms with Crippen LogP contribution in [0.3, 0.4) is 0 Å². The van der Waals surface area contributed by atoms with Gasteiger partial charge in [-0.1, -0.05) is 19.1 Å². The van der Waals surface area contributed by atoms with Crippen molar-refractivity contribution < 1.29 is 4.79 Å². The zero-order chi connectivity index (χ0) is 13.1. The molecule has 1 amide bonds. The number of benzene rings is 1. The normalized spacial score (nSPS) is 12.8. The number of amides is 1. The van der Waals surface area contributed by atoms with E-state index >= 15 is 0 Å². The lowest BCUT2D eigenvalue weighted by molar-refractivity contribution is -0.119. The number of aromatic nitrogens is 2. The fraction of sp³-hybridized carbons (Fsp3) is 0.385. The molecule has 5 nitrogen and oxygen atoms in total. The van der Waals surface area contributed by atoms with Crippen molar-refractivity contribution in [3.05, 3.63) is 30.1 Å². The number of para-hydroxylation sites is 2. The van der Waals surface area contributed by atoms with Gasteiger partial charge in [0.1, 0.15) is 5.82 Å². The second-order valence-electron chi connectivity index (χ2n) is 4.32. The van der Waals surface area contributed by atoms with Gasteiger partial charge in [-0.25, -0.2) is 4.98 Å². The minimum atomic E-state index is -0.601. The molecule has 0 radical (unpaired) electrons. The molecular formula is C13H18N4O. The smallest absolute Gasteiger partial charge is 0.234 e. The van der Waals surface area contributed by atoms with Gasteiger partial charge in [-0.15, -0.1) is 0 Å². The maximum absolute atomic E-state index is 10.9. The van der Waals surface area contributed by atoms with Crippen LogP contribution in [0.25, 0.3) is 11.0 Å². The Morgan fingerprint density at radius 1 is 1.44 bits per heavy atom. The molecule has 4 N–H and O–H groups in total. The van der Waals surface area contributed by atoms with Gasteiger partial charge in [0.05, 0.1) is 17.1 Å². The topological polar surface area (TPSA) is 86.9 Å². The number of imidazole rings is 1. The number of primary amides is 1. The number of nitrogens with two attached hydrogens (primary N) is 2. The fourth-order valence-corrected chi connectivity index (χ4v) is 2.06. The summed E-state index contributed by atoms with van der Waals surface area (Å²) in [5.74, 6) is 0.547. The van der Waals surface area contributed by atoms with E-state index in [1.807, 2.05) is 24.3 Å². The highest BCUT2D eigenvalue weighted by Gasteiger charge is 2.13. The Kier molecular flexibility index (Phi) is 3.62. The van der Waals surface area contributed by atoms with Gasteiger partial charge in [-0.05, 0) is 18.6 Å². The van der Waals surface area contributed by atoms with Gasteiger partial charge in [0.25, 0.3) is 0 Å². The van der Waals surface area contributed by atoms with E-state index in [9.17, 15) is 4.79 Å². The van der Waals surface area contributed by atoms with Crippen LogP contribution >= 0.6 is 0 Å². The average molecular weight is 246 g/mol. The van der Waals surface area contributed by atoms with Crippen LogP contribution in [0.15, 0.2) is 24.3 Å². The molecule has 18 heavy (non-hydrogen) atoms. The first kappa shape index (κ1) is 12.6. The Morgan fingerprint density at radius 3 is 2.83 bits per heavy atom. The first-order valence-corrected chi connectivity index (χ1v) is 6.12. The lowest BCUT2D eigenvalue weighted by atomic mass is 10.2. The lowest BCUT2D eigenvalue weighted by Gasteiger charge is -2.11. The van der Waals surface area contributed by atoms with E-state index in [0.29, 0.717) is 13.0 Å². The Labute approximate surface area is 106 Å². The summed E-state index contributed by atoms with van der Waals surface area (Å²) in [6.07, 6.45) is 1.38. The summed E-state index contributed by atoms with van der Waals surface area (Å²) in [4.78, 5) is 15.5. The van der Waals surface area contributed by atoms with Gasteiger partial charge in [0, 0.05) is 13.0 Å². The standard InChI is InChI=1S/C13H18N4O/c1-2-12-16-10-5-3-4-6-11(10)17(12)8-7-9(14)13(15)18/h3-6,9H,2,7-8,14H2,1H3,(H2,15,18). The van der Waals surface area contributed by atoms with E-state index in [1.54, 1.807) is 0 Å². The van der Waals surface area contributed by atoms with Gasteiger partial charge in [-0.3, -0.25) is 4.79 Å². The zero-order valence-electron chi connectivity index (χ0n) is 10.5. The minimum absolute atomic E-state index is 0.461. The average Bonchev–Trinajstić information content (AvgIpc) is 2.73. The minimum Gasteiger partial charge on any atom is -0.368 e. The highest BCUT2D eigenvalue weighted by atomic mass is 16.1. The van der Waals surface area contributed by atoms with Crippen molar-refractivity contribution in [2.45, 2.75) is 32.4 Å². The summed E-state index contributed by atoms with van der Waals surface area (Å²) in [6, 6.07) is 7.36. The van der Waals surface area contributed by atoms with Crippen LogP contribution in [0.5, 0.6) is 0 Å². The van der Waals surface area contributed by atoms with E-state index in [2.05, 4.69) is 16.5 Å². The summed E-state index contributed by atoms with van der Waals surface area (Å²) in [7, 11) is 0. The highest BCUT2D eigenvalue weighted by molar-refractivity contribution is 5.79. The molecule has 1 unspecified atom stereocenters. The maximum atomic E-state index is 10.9. The molecule has 0 saturated heterocycles. The lowest BCUT2D eigenvalue weighted by Crippen LogP contribution is -2.37. The summed E-state index contributed by atoms with van der Waals surface area (Å²) in [5, 5.41) is 0. The molecule has 0 aliphatic heterocycles. The summed E-state index contributed by atoms with van der Waals surface area (Å²) >= 11 is 0. The number of fused-ring (bicyclic) bond motifs is 1. The quantitative estimate of drug-likeness (QED) is 0.818. The molecule has 2 rings (SSSR count). The molecule has 0 aliphatic rings. The van der Waals surface area contributed by atoms with E-state index in [1.165, 1.54) is 0 Å². The van der Waals surface area contributed by atoms with Crippen molar-refractivity contribution in [1.29, 1.82) is 0 Å². The molecule has 0 bridgehead atoms. The van der Waals surface area contributed by atoms with Crippen molar-refractivity contribution in [2.75, 3.05) is 0 Å². The summed E-state index contributed by atoms with van der Waals surface area (Å²) in [5.41, 5.74) is 12.9. The van der Waals surface area contributed by atoms with Gasteiger partial charge in [0.15, 0.2) is 0 Å². The molecule has 5 heteroatoms. The Morgan fingerprint density at radius 2 is 2.17 bits per heavy atom. The molecule has 2 aromatic rings. The first-order chi connectivity index (χ1) is 8.63. The van der Waals surface area contributed by atoms with Crippen molar-refractivity contribution in [2.24, 2.45) is 11.5 Å². The third-order valence-electron chi connectivity index (χ3n) is 3.08. The number of aryl methyl sites for hydroxylation is 2. The van der Waals surface area contributed by atoms with Crippen LogP contribution in [0.1, 0.15) is 19.2 Å². The molecule has 0 spiro atoms. The number of carbonyl (C=O) groups excluding carboxylic acids is 1. The van der Waals surface area contributed by atoms with E-state index < -0.39 is 11.9 Å². The predicted molar refractivity (Wildman–Crippen MR) is 70.9 cm³/mol. The van der Waals surface area contributed by atoms with Gasteiger partial charge >= 0.3 is 0 Å². The molecule has 0 saturated carbocycles. The summed E-state index contributed by atoms with van der Waals surface area (Å²) in [6.45, 7) is 2.72. The molecule has 1 atom stereocenters. The molecule has 1 heterocycles. The maximum Gasteiger partial charge on any atom is 0.234 e. The van der Waals surface area contributed by atoms with Crippen LogP contribution < -0.4 is 11.5 Å². The molecule has 1 aromatic carbocycles. The third-order valence-corrected chi connectivity index (χ3v) is 3.08. The monoisotopic (exact) mass is 246 g/mol. The SMILES string of the molecule is CCc1nc2ccccc2n1CCC(N)C(N)=O. The van der Waals surface area contributed by atoms with E-state index in [-0.39, 0.29) is 0 Å². The Bertz CT molecular complexity index is 561. The van der Waals surface area contributed by atoms with Crippen molar-refractivity contribution in [3.8, 4) is 0 Å². The van der Waals surface area contributed by atoms with Crippen molar-refractivity contribution >= 4 is 16.9 Å². The van der Waals surface area contributed by atoms with Crippen LogP contribution in [0, 0.1) is 0 Å². The Hall–Kier alpha value is -1.88. The molecule has 0 aliphatic carbocycles. The van der Waals surface area contributed by atoms with Gasteiger partial charge in [-0.2, -0.15) is 0 Å². The Balaban J connectivity index is 2.28. The van der Waals surface area contributed by atoms with E-state index in [4.69, 9.17) is 11.5 Å². The number of carbonyl (C=O) groups is 1. The molecule has 96 valence electrons. The number of rotatable bonds is 5. The second kappa shape index (κ2) is 5.18. The van der Waals surface area contributed by atoms with Crippen LogP contribution in [-0.4, -0.2) is 21.5 Å². The van der Waals surface area contributed by atoms with Crippen LogP contribution in [-0.2, 0) is 17.8 Å². The zero-order valence-corrected chi connectivity index (χ0v) is 10.5. The molecule has 0 fully saturated rings. The summed E-state index contributed by atoms with van der Waals surface area (Å²) < 4.78 is 2.11. The number of hydrogen-bond donors (Lipinski definition) is 2. The number of nitrogens with zero attached hydrogens (tertiary/aromatic N) is 2. The van der Waals surface area contributed by atoms with Gasteiger partial charge < -0.3 is 16.0 Å². The van der Waals surface area contributed by atoms with Gasteiger partial charge in [0.2, 0.25) is 5.91 Å². The van der Waals surface area contributed by atoms with Crippen molar-refractivity contribution in [3.63, 3.8) is 0 Å². The first-order valence-electron chi connectivity index (χ1n) is 6.12. The molecule has 1 aromatic heterocycles. The van der Waals surface area contributed by atoms with Crippen molar-refractivity contribution in [1.82, 2.24) is 9.55 Å². The van der Waals surface area contributed by atoms with Crippen LogP contribution in [0.2, 0.25) is 0 Å². The third kappa shape index (κ3) is 2.36. The van der Waals surface area contributed by atoms with E-state index in [0.717, 1.165) is 23.3 Å². The highest BCUT2D eigenvalue weighted by Crippen LogP contribution is 2.17.